The molecule has 1 N–H and O–H groups in total. The third kappa shape index (κ3) is 4.84. The van der Waals surface area contributed by atoms with E-state index < -0.39 is 30.6 Å². The number of aliphatic hydroxyl groups is 1. The molecule has 3 aromatic rings. The number of fused-ring (bicyclic) bond motifs is 3. The average Bonchev–Trinajstić information content (AvgIpc) is 3.45. The van der Waals surface area contributed by atoms with Crippen LogP contribution in [0.5, 0.6) is 5.75 Å². The summed E-state index contributed by atoms with van der Waals surface area (Å²) in [5.41, 5.74) is 1.40. The largest absolute Gasteiger partial charge is 0.497 e. The molecule has 5 atom stereocenters. The fraction of sp³-hybridized carbons (Fsp3) is 0.412. The first-order valence-corrected chi connectivity index (χ1v) is 18.4. The van der Waals surface area contributed by atoms with E-state index in [1.165, 1.54) is 17.0 Å². The van der Waals surface area contributed by atoms with E-state index in [4.69, 9.17) is 9.47 Å². The van der Waals surface area contributed by atoms with Gasteiger partial charge in [0.05, 0.1) is 51.0 Å². The second kappa shape index (κ2) is 11.4. The lowest BCUT2D eigenvalue weighted by Gasteiger charge is -2.39. The monoisotopic (exact) mass is 629 g/mol. The fourth-order valence-electron chi connectivity index (χ4n) is 8.05. The molecule has 0 aliphatic carbocycles. The van der Waals surface area contributed by atoms with E-state index in [-0.39, 0.29) is 42.1 Å². The molecule has 0 unspecified atom stereocenters. The number of nitro benzene ring substituents is 1. The summed E-state index contributed by atoms with van der Waals surface area (Å²) in [6, 6.07) is 20.0. The van der Waals surface area contributed by atoms with Crippen molar-refractivity contribution in [3.63, 3.8) is 0 Å². The van der Waals surface area contributed by atoms with Gasteiger partial charge in [-0.2, -0.15) is 0 Å². The highest BCUT2D eigenvalue weighted by atomic mass is 28.3. The molecule has 2 amide bonds. The van der Waals surface area contributed by atoms with Crippen molar-refractivity contribution >= 4 is 36.4 Å². The summed E-state index contributed by atoms with van der Waals surface area (Å²) in [7, 11) is 0.765. The Balaban J connectivity index is 1.43. The molecule has 3 aliphatic heterocycles. The van der Waals surface area contributed by atoms with Crippen molar-refractivity contribution in [3.8, 4) is 5.75 Å². The molecular weight excluding hydrogens is 590 g/mol. The highest BCUT2D eigenvalue weighted by Crippen LogP contribution is 2.60. The zero-order valence-corrected chi connectivity index (χ0v) is 27.2. The van der Waals surface area contributed by atoms with Crippen LogP contribution < -0.4 is 14.8 Å². The van der Waals surface area contributed by atoms with Crippen LogP contribution in [0.4, 0.5) is 11.4 Å². The molecule has 45 heavy (non-hydrogen) atoms. The minimum atomic E-state index is -2.51. The number of carbonyl (C=O) groups excluding carboxylic acids is 2. The van der Waals surface area contributed by atoms with Gasteiger partial charge in [0.1, 0.15) is 5.75 Å². The van der Waals surface area contributed by atoms with Crippen molar-refractivity contribution in [1.29, 1.82) is 0 Å². The number of carbonyl (C=O) groups is 2. The van der Waals surface area contributed by atoms with E-state index in [1.807, 2.05) is 55.5 Å². The van der Waals surface area contributed by atoms with Gasteiger partial charge in [0.15, 0.2) is 5.60 Å². The molecule has 11 heteroatoms. The number of benzene rings is 3. The van der Waals surface area contributed by atoms with Gasteiger partial charge in [0.2, 0.25) is 5.91 Å². The zero-order chi connectivity index (χ0) is 32.3. The summed E-state index contributed by atoms with van der Waals surface area (Å²) in [6.45, 7) is 6.65. The van der Waals surface area contributed by atoms with Crippen molar-refractivity contribution in [2.75, 3.05) is 25.7 Å². The number of ether oxygens (including phenoxy) is 2. The quantitative estimate of drug-likeness (QED) is 0.237. The van der Waals surface area contributed by atoms with Gasteiger partial charge in [-0.05, 0) is 41.3 Å². The van der Waals surface area contributed by atoms with Crippen LogP contribution in [0.2, 0.25) is 18.6 Å². The maximum atomic E-state index is 14.2. The summed E-state index contributed by atoms with van der Waals surface area (Å²) < 4.78 is 12.3. The Morgan fingerprint density at radius 2 is 1.82 bits per heavy atom. The van der Waals surface area contributed by atoms with Gasteiger partial charge in [-0.1, -0.05) is 61.6 Å². The van der Waals surface area contributed by atoms with Crippen LogP contribution in [0.25, 0.3) is 0 Å². The van der Waals surface area contributed by atoms with Gasteiger partial charge in [-0.25, -0.2) is 0 Å². The number of aliphatic hydroxyl groups excluding tert-OH is 1. The van der Waals surface area contributed by atoms with Crippen LogP contribution >= 0.6 is 0 Å². The van der Waals surface area contributed by atoms with Gasteiger partial charge in [0, 0.05) is 37.2 Å². The number of non-ortho nitro benzene ring substituents is 1. The lowest BCUT2D eigenvalue weighted by molar-refractivity contribution is -0.385. The number of anilines is 1. The van der Waals surface area contributed by atoms with Gasteiger partial charge < -0.3 is 24.4 Å². The number of hydrogen-bond donors (Lipinski definition) is 1. The molecule has 0 saturated carbocycles. The summed E-state index contributed by atoms with van der Waals surface area (Å²) in [5, 5.41) is 23.2. The minimum Gasteiger partial charge on any atom is -0.497 e. The Labute approximate surface area is 263 Å². The first-order chi connectivity index (χ1) is 21.4. The molecule has 236 valence electrons. The van der Waals surface area contributed by atoms with E-state index in [0.29, 0.717) is 24.2 Å². The van der Waals surface area contributed by atoms with Gasteiger partial charge in [-0.15, -0.1) is 0 Å². The van der Waals surface area contributed by atoms with Crippen molar-refractivity contribution in [2.45, 2.75) is 62.7 Å². The third-order valence-electron chi connectivity index (χ3n) is 10.4. The molecule has 3 aromatic carbocycles. The van der Waals surface area contributed by atoms with Crippen LogP contribution in [-0.2, 0) is 32.9 Å². The first kappa shape index (κ1) is 30.9. The second-order valence-corrected chi connectivity index (χ2v) is 17.7. The van der Waals surface area contributed by atoms with E-state index in [1.54, 1.807) is 25.1 Å². The predicted molar refractivity (Wildman–Crippen MR) is 172 cm³/mol. The van der Waals surface area contributed by atoms with E-state index >= 15 is 0 Å². The average molecular weight is 630 g/mol. The van der Waals surface area contributed by atoms with Crippen LogP contribution in [0, 0.1) is 16.0 Å². The predicted octanol–water partition coefficient (Wildman–Crippen LogP) is 4.13. The number of methoxy groups -OCH3 is 1. The number of rotatable bonds is 7. The van der Waals surface area contributed by atoms with Crippen LogP contribution in [0.15, 0.2) is 66.7 Å². The molecule has 3 aliphatic rings. The lowest BCUT2D eigenvalue weighted by atomic mass is 9.82. The molecule has 3 heterocycles. The zero-order valence-electron chi connectivity index (χ0n) is 26.2. The van der Waals surface area contributed by atoms with Crippen molar-refractivity contribution in [2.24, 2.45) is 5.92 Å². The standard InChI is InChI=1S/C34H39N3O7Si/c1-21-32(45(4,5)27-13-11-26(43-3)12-14-27)30(18-31(39)36-19-23-9-7-6-8-22(23)16-25(36)20-38)44-34(21)28-17-24(37(41)42)10-15-29(28)35(2)33(34)40/h6-15,17,21,25,30,32,38H,16,18-20H2,1-5H3/t21-,25-,30+,32-,34+/m0/s1. The van der Waals surface area contributed by atoms with Crippen molar-refractivity contribution in [3.05, 3.63) is 93.5 Å². The normalized spacial score (nSPS) is 25.8. The second-order valence-electron chi connectivity index (χ2n) is 13.0. The van der Waals surface area contributed by atoms with Crippen LogP contribution in [0.3, 0.4) is 0 Å². The van der Waals surface area contributed by atoms with Crippen molar-refractivity contribution in [1.82, 2.24) is 4.90 Å². The van der Waals surface area contributed by atoms with Gasteiger partial charge in [0.25, 0.3) is 11.6 Å². The Hall–Kier alpha value is -4.06. The van der Waals surface area contributed by atoms with Gasteiger partial charge >= 0.3 is 0 Å². The Morgan fingerprint density at radius 1 is 1.13 bits per heavy atom. The van der Waals surface area contributed by atoms with E-state index in [0.717, 1.165) is 22.1 Å². The van der Waals surface area contributed by atoms with E-state index in [9.17, 15) is 24.8 Å². The molecule has 1 fully saturated rings. The summed E-state index contributed by atoms with van der Waals surface area (Å²) in [5.74, 6) is -0.102. The summed E-state index contributed by atoms with van der Waals surface area (Å²) in [6.07, 6.45) is -0.0704. The van der Waals surface area contributed by atoms with Crippen molar-refractivity contribution < 1.29 is 29.1 Å². The first-order valence-electron chi connectivity index (χ1n) is 15.3. The Kier molecular flexibility index (Phi) is 7.83. The van der Waals surface area contributed by atoms with Crippen LogP contribution in [-0.4, -0.2) is 67.7 Å². The number of likely N-dealkylation sites (N-methyl/N-ethyl adjacent to an activating group) is 1. The number of nitro groups is 1. The lowest BCUT2D eigenvalue weighted by Crippen LogP contribution is -2.52. The maximum Gasteiger partial charge on any atom is 0.269 e. The summed E-state index contributed by atoms with van der Waals surface area (Å²) in [4.78, 5) is 43.1. The Morgan fingerprint density at radius 3 is 2.47 bits per heavy atom. The molecule has 0 bridgehead atoms. The number of hydrogen-bond acceptors (Lipinski definition) is 7. The molecule has 1 saturated heterocycles. The molecule has 0 aromatic heterocycles. The smallest absolute Gasteiger partial charge is 0.269 e. The van der Waals surface area contributed by atoms with E-state index in [2.05, 4.69) is 13.1 Å². The maximum absolute atomic E-state index is 14.2. The molecule has 1 spiro atoms. The molecule has 6 rings (SSSR count). The van der Waals surface area contributed by atoms with Gasteiger partial charge in [-0.3, -0.25) is 19.7 Å². The number of amides is 2. The fourth-order valence-corrected chi connectivity index (χ4v) is 12.1. The summed E-state index contributed by atoms with van der Waals surface area (Å²) >= 11 is 0. The SMILES string of the molecule is COc1ccc([Si](C)(C)[C@@H]2[C@@H](CC(=O)N3Cc4ccccc4C[C@H]3CO)O[C@]3(C(=O)N(C)c4ccc([N+](=O)[O-])cc43)[C@H]2C)cc1. The Bertz CT molecular complexity index is 1660. The molecular formula is C34H39N3O7Si. The highest BCUT2D eigenvalue weighted by molar-refractivity contribution is 6.91. The highest BCUT2D eigenvalue weighted by Gasteiger charge is 2.66. The topological polar surface area (TPSA) is 122 Å². The molecule has 0 radical (unpaired) electrons. The molecule has 10 nitrogen and oxygen atoms in total. The minimum absolute atomic E-state index is 0.0171. The van der Waals surface area contributed by atoms with Crippen LogP contribution in [0.1, 0.15) is 30.0 Å². The number of nitrogens with zero attached hydrogens (tertiary/aromatic N) is 3. The third-order valence-corrected chi connectivity index (χ3v) is 14.8.